The fourth-order valence-electron chi connectivity index (χ4n) is 5.31. The van der Waals surface area contributed by atoms with Crippen LogP contribution in [0, 0.1) is 5.92 Å². The highest BCUT2D eigenvalue weighted by Gasteiger charge is 2.21. The predicted octanol–water partition coefficient (Wildman–Crippen LogP) is 11.5. The summed E-state index contributed by atoms with van der Waals surface area (Å²) in [7, 11) is 0. The van der Waals surface area contributed by atoms with Gasteiger partial charge in [0.1, 0.15) is 6.61 Å². The average Bonchev–Trinajstić information content (AvgIpc) is 2.94. The maximum Gasteiger partial charge on any atom is 0.307 e. The maximum absolute atomic E-state index is 11.6. The SMILES string of the molecule is C=CCOC(=O)CC(CCCCCCCCCCCCCCCCCC/C=C/CCCCCCCCC)C(=O)O. The molecule has 0 fully saturated rings. The molecule has 0 aliphatic carbocycles. The highest BCUT2D eigenvalue weighted by molar-refractivity contribution is 5.78. The van der Waals surface area contributed by atoms with Gasteiger partial charge in [-0.05, 0) is 32.1 Å². The van der Waals surface area contributed by atoms with Crippen LogP contribution < -0.4 is 0 Å². The van der Waals surface area contributed by atoms with Crippen molar-refractivity contribution in [2.75, 3.05) is 6.61 Å². The first kappa shape index (κ1) is 38.4. The van der Waals surface area contributed by atoms with Crippen LogP contribution in [0.3, 0.4) is 0 Å². The normalized spacial score (nSPS) is 12.1. The van der Waals surface area contributed by atoms with Crippen LogP contribution in [0.4, 0.5) is 0 Å². The number of carbonyl (C=O) groups excluding carboxylic acids is 1. The molecule has 0 aromatic heterocycles. The van der Waals surface area contributed by atoms with Crippen LogP contribution in [-0.2, 0) is 14.3 Å². The minimum Gasteiger partial charge on any atom is -0.481 e. The lowest BCUT2D eigenvalue weighted by Crippen LogP contribution is -2.19. The third-order valence-corrected chi connectivity index (χ3v) is 7.94. The second-order valence-corrected chi connectivity index (χ2v) is 11.8. The van der Waals surface area contributed by atoms with E-state index < -0.39 is 17.9 Å². The minimum atomic E-state index is -0.900. The molecule has 234 valence electrons. The van der Waals surface area contributed by atoms with E-state index in [1.54, 1.807) is 0 Å². The van der Waals surface area contributed by atoms with Gasteiger partial charge >= 0.3 is 11.9 Å². The summed E-state index contributed by atoms with van der Waals surface area (Å²) in [5.41, 5.74) is 0. The van der Waals surface area contributed by atoms with Crippen LogP contribution in [0.1, 0.15) is 180 Å². The maximum atomic E-state index is 11.6. The predicted molar refractivity (Wildman–Crippen MR) is 172 cm³/mol. The van der Waals surface area contributed by atoms with Gasteiger partial charge in [-0.15, -0.1) is 0 Å². The lowest BCUT2D eigenvalue weighted by molar-refractivity contribution is -0.151. The van der Waals surface area contributed by atoms with Gasteiger partial charge in [0, 0.05) is 0 Å². The lowest BCUT2D eigenvalue weighted by Gasteiger charge is -2.11. The Morgan fingerprint density at radius 3 is 1.38 bits per heavy atom. The van der Waals surface area contributed by atoms with Gasteiger partial charge in [0.15, 0.2) is 0 Å². The van der Waals surface area contributed by atoms with Gasteiger partial charge in [-0.1, -0.05) is 167 Å². The van der Waals surface area contributed by atoms with Crippen molar-refractivity contribution >= 4 is 11.9 Å². The van der Waals surface area contributed by atoms with Crippen LogP contribution in [-0.4, -0.2) is 23.7 Å². The Balaban J connectivity index is 3.31. The van der Waals surface area contributed by atoms with E-state index in [-0.39, 0.29) is 13.0 Å². The van der Waals surface area contributed by atoms with Crippen LogP contribution in [0.5, 0.6) is 0 Å². The summed E-state index contributed by atoms with van der Waals surface area (Å²) in [5, 5.41) is 9.31. The molecule has 0 rings (SSSR count). The number of ether oxygens (including phenoxy) is 1. The summed E-state index contributed by atoms with van der Waals surface area (Å²) < 4.78 is 4.91. The molecule has 0 heterocycles. The lowest BCUT2D eigenvalue weighted by atomic mass is 9.97. The third-order valence-electron chi connectivity index (χ3n) is 7.94. The number of carboxylic acid groups (broad SMARTS) is 1. The molecule has 4 heteroatoms. The van der Waals surface area contributed by atoms with Gasteiger partial charge in [0.25, 0.3) is 0 Å². The molecule has 1 unspecified atom stereocenters. The van der Waals surface area contributed by atoms with Crippen molar-refractivity contribution < 1.29 is 19.4 Å². The molecule has 0 saturated heterocycles. The number of rotatable bonds is 32. The molecule has 0 spiro atoms. The Kier molecular flexibility index (Phi) is 30.7. The fourth-order valence-corrected chi connectivity index (χ4v) is 5.31. The molecule has 40 heavy (non-hydrogen) atoms. The van der Waals surface area contributed by atoms with Gasteiger partial charge < -0.3 is 9.84 Å². The van der Waals surface area contributed by atoms with E-state index in [1.165, 1.54) is 147 Å². The van der Waals surface area contributed by atoms with Gasteiger partial charge in [0.05, 0.1) is 12.3 Å². The molecule has 0 aliphatic rings. The molecule has 1 atom stereocenters. The summed E-state index contributed by atoms with van der Waals surface area (Å²) >= 11 is 0. The Bertz CT molecular complexity index is 598. The first-order valence-electron chi connectivity index (χ1n) is 17.3. The zero-order valence-electron chi connectivity index (χ0n) is 26.5. The molecule has 0 bridgehead atoms. The minimum absolute atomic E-state index is 0.0412. The Labute approximate surface area is 248 Å². The number of aliphatic carboxylic acids is 1. The highest BCUT2D eigenvalue weighted by atomic mass is 16.5. The van der Waals surface area contributed by atoms with E-state index in [0.29, 0.717) is 6.42 Å². The quantitative estimate of drug-likeness (QED) is 0.0503. The van der Waals surface area contributed by atoms with Crippen LogP contribution in [0.15, 0.2) is 24.8 Å². The molecule has 0 radical (unpaired) electrons. The number of unbranched alkanes of at least 4 members (excludes halogenated alkanes) is 23. The standard InChI is InChI=1S/C36H66O4/c1-3-5-6-7-8-9-10-11-12-13-14-15-16-17-18-19-20-21-22-23-24-25-26-27-28-29-30-31-34(36(38)39)33-35(37)40-32-4-2/h4,12-13,34H,2-3,5-11,14-33H2,1H3,(H,38,39)/b13-12+. The second-order valence-electron chi connectivity index (χ2n) is 11.8. The van der Waals surface area contributed by atoms with E-state index >= 15 is 0 Å². The molecular formula is C36H66O4. The molecule has 0 aliphatic heterocycles. The Hall–Kier alpha value is -1.58. The van der Waals surface area contributed by atoms with Crippen molar-refractivity contribution in [2.24, 2.45) is 5.92 Å². The Morgan fingerprint density at radius 2 is 1.00 bits per heavy atom. The summed E-state index contributed by atoms with van der Waals surface area (Å²) in [5.74, 6) is -1.98. The second kappa shape index (κ2) is 31.9. The number of carbonyl (C=O) groups is 2. The molecule has 0 aromatic rings. The molecular weight excluding hydrogens is 496 g/mol. The largest absolute Gasteiger partial charge is 0.481 e. The van der Waals surface area contributed by atoms with E-state index in [1.807, 2.05) is 0 Å². The van der Waals surface area contributed by atoms with Gasteiger partial charge in [0.2, 0.25) is 0 Å². The van der Waals surface area contributed by atoms with Gasteiger partial charge in [-0.3, -0.25) is 9.59 Å². The number of allylic oxidation sites excluding steroid dienone is 2. The molecule has 0 saturated carbocycles. The van der Waals surface area contributed by atoms with Gasteiger partial charge in [-0.25, -0.2) is 0 Å². The van der Waals surface area contributed by atoms with E-state index in [0.717, 1.165) is 19.3 Å². The highest BCUT2D eigenvalue weighted by Crippen LogP contribution is 2.18. The van der Waals surface area contributed by atoms with Crippen molar-refractivity contribution in [1.29, 1.82) is 0 Å². The van der Waals surface area contributed by atoms with Crippen LogP contribution in [0.2, 0.25) is 0 Å². The summed E-state index contributed by atoms with van der Waals surface area (Å²) in [4.78, 5) is 23.0. The topological polar surface area (TPSA) is 63.6 Å². The smallest absolute Gasteiger partial charge is 0.307 e. The van der Waals surface area contributed by atoms with Crippen LogP contribution >= 0.6 is 0 Å². The third kappa shape index (κ3) is 29.4. The van der Waals surface area contributed by atoms with Crippen molar-refractivity contribution in [3.05, 3.63) is 24.8 Å². The Morgan fingerprint density at radius 1 is 0.625 bits per heavy atom. The number of hydrogen-bond acceptors (Lipinski definition) is 3. The molecule has 0 amide bonds. The van der Waals surface area contributed by atoms with E-state index in [4.69, 9.17) is 4.74 Å². The zero-order chi connectivity index (χ0) is 29.4. The first-order chi connectivity index (χ1) is 19.6. The van der Waals surface area contributed by atoms with Crippen molar-refractivity contribution in [2.45, 2.75) is 180 Å². The summed E-state index contributed by atoms with van der Waals surface area (Å²) in [6.45, 7) is 5.92. The monoisotopic (exact) mass is 562 g/mol. The fraction of sp³-hybridized carbons (Fsp3) is 0.833. The van der Waals surface area contributed by atoms with Gasteiger partial charge in [-0.2, -0.15) is 0 Å². The van der Waals surface area contributed by atoms with E-state index in [9.17, 15) is 14.7 Å². The number of esters is 1. The van der Waals surface area contributed by atoms with Crippen molar-refractivity contribution in [3.63, 3.8) is 0 Å². The summed E-state index contributed by atoms with van der Waals surface area (Å²) in [6, 6.07) is 0. The molecule has 4 nitrogen and oxygen atoms in total. The van der Waals surface area contributed by atoms with Crippen LogP contribution in [0.25, 0.3) is 0 Å². The van der Waals surface area contributed by atoms with Crippen molar-refractivity contribution in [1.82, 2.24) is 0 Å². The van der Waals surface area contributed by atoms with E-state index in [2.05, 4.69) is 25.7 Å². The molecule has 1 N–H and O–H groups in total. The molecule has 0 aromatic carbocycles. The van der Waals surface area contributed by atoms with Crippen molar-refractivity contribution in [3.8, 4) is 0 Å². The number of hydrogen-bond donors (Lipinski definition) is 1. The zero-order valence-corrected chi connectivity index (χ0v) is 26.5. The summed E-state index contributed by atoms with van der Waals surface area (Å²) in [6.07, 6.45) is 40.0. The average molecular weight is 563 g/mol. The number of carboxylic acids is 1. The first-order valence-corrected chi connectivity index (χ1v) is 17.3.